The molecule has 0 aliphatic carbocycles. The van der Waals surface area contributed by atoms with Gasteiger partial charge in [-0.25, -0.2) is 0 Å². The van der Waals surface area contributed by atoms with E-state index in [1.807, 2.05) is 0 Å². The number of benzene rings is 1. The molecule has 0 fully saturated rings. The summed E-state index contributed by atoms with van der Waals surface area (Å²) in [5, 5.41) is 0. The topological polar surface area (TPSA) is 57.5 Å². The van der Waals surface area contributed by atoms with Gasteiger partial charge in [-0.1, -0.05) is 38.1 Å². The Bertz CT molecular complexity index is 242. The lowest BCUT2D eigenvalue weighted by molar-refractivity contribution is 0.405. The highest BCUT2D eigenvalue weighted by Crippen LogP contribution is 2.04. The van der Waals surface area contributed by atoms with E-state index in [1.54, 1.807) is 0 Å². The Morgan fingerprint density at radius 2 is 1.21 bits per heavy atom. The molecule has 0 bridgehead atoms. The Kier molecular flexibility index (Phi) is 7.40. The molecule has 0 aliphatic heterocycles. The summed E-state index contributed by atoms with van der Waals surface area (Å²) in [6.45, 7) is 4.36. The highest BCUT2D eigenvalue weighted by molar-refractivity contribution is 7.30. The van der Waals surface area contributed by atoms with Crippen LogP contribution < -0.4 is 0 Å². The minimum Gasteiger partial charge on any atom is -0.326 e. The first-order chi connectivity index (χ1) is 6.60. The van der Waals surface area contributed by atoms with Gasteiger partial charge in [0, 0.05) is 0 Å². The first-order valence-electron chi connectivity index (χ1n) is 4.59. The van der Waals surface area contributed by atoms with Crippen LogP contribution in [0.5, 0.6) is 0 Å². The van der Waals surface area contributed by atoms with Crippen molar-refractivity contribution in [3.63, 3.8) is 0 Å². The number of hydrogen-bond acceptors (Lipinski definition) is 1. The van der Waals surface area contributed by atoms with Crippen molar-refractivity contribution in [1.82, 2.24) is 0 Å². The predicted octanol–water partition coefficient (Wildman–Crippen LogP) is 2.17. The number of rotatable bonds is 2. The van der Waals surface area contributed by atoms with Gasteiger partial charge in [0.1, 0.15) is 0 Å². The molecule has 0 saturated heterocycles. The van der Waals surface area contributed by atoms with E-state index in [0.717, 1.165) is 12.8 Å². The molecule has 0 amide bonds. The predicted molar refractivity (Wildman–Crippen MR) is 58.6 cm³/mol. The Labute approximate surface area is 85.4 Å². The van der Waals surface area contributed by atoms with Gasteiger partial charge in [-0.3, -0.25) is 4.57 Å². The minimum absolute atomic E-state index is 1.14. The van der Waals surface area contributed by atoms with Crippen molar-refractivity contribution in [3.05, 3.63) is 35.4 Å². The second-order valence-corrected chi connectivity index (χ2v) is 3.37. The van der Waals surface area contributed by atoms with E-state index in [0.29, 0.717) is 0 Å². The Balaban J connectivity index is 0.000000364. The van der Waals surface area contributed by atoms with Crippen molar-refractivity contribution in [2.24, 2.45) is 0 Å². The van der Waals surface area contributed by atoms with E-state index in [1.165, 1.54) is 11.1 Å². The van der Waals surface area contributed by atoms with Gasteiger partial charge in [0.25, 0.3) is 0 Å². The Hall–Kier alpha value is -0.630. The monoisotopic (exact) mass is 216 g/mol. The van der Waals surface area contributed by atoms with Gasteiger partial charge in [-0.2, -0.15) is 0 Å². The van der Waals surface area contributed by atoms with Crippen molar-refractivity contribution in [2.75, 3.05) is 0 Å². The highest BCUT2D eigenvalue weighted by Gasteiger charge is 1.88. The Morgan fingerprint density at radius 3 is 1.36 bits per heavy atom. The lowest BCUT2D eigenvalue weighted by Gasteiger charge is -1.97. The molecule has 4 heteroatoms. The van der Waals surface area contributed by atoms with E-state index >= 15 is 0 Å². The zero-order valence-electron chi connectivity index (χ0n) is 8.53. The second kappa shape index (κ2) is 7.74. The van der Waals surface area contributed by atoms with Crippen LogP contribution in [-0.2, 0) is 17.4 Å². The summed E-state index contributed by atoms with van der Waals surface area (Å²) >= 11 is 0. The molecule has 1 rings (SSSR count). The van der Waals surface area contributed by atoms with Gasteiger partial charge in [-0.15, -0.1) is 0 Å². The summed E-state index contributed by atoms with van der Waals surface area (Å²) in [6.07, 6.45) is 2.29. The van der Waals surface area contributed by atoms with Gasteiger partial charge < -0.3 is 9.79 Å². The normalized spacial score (nSPS) is 9.50. The molecule has 0 unspecified atom stereocenters. The average Bonchev–Trinajstić information content (AvgIpc) is 2.17. The Morgan fingerprint density at radius 1 is 1.00 bits per heavy atom. The van der Waals surface area contributed by atoms with Crippen LogP contribution in [0.2, 0.25) is 0 Å². The van der Waals surface area contributed by atoms with Gasteiger partial charge >= 0.3 is 8.25 Å². The molecule has 0 saturated carbocycles. The number of aryl methyl sites for hydroxylation is 2. The molecule has 1 aromatic rings. The third kappa shape index (κ3) is 6.84. The molecular formula is C10H17O3P. The van der Waals surface area contributed by atoms with Crippen LogP contribution in [0.15, 0.2) is 24.3 Å². The molecule has 0 spiro atoms. The molecular weight excluding hydrogens is 199 g/mol. The van der Waals surface area contributed by atoms with Crippen LogP contribution in [0.1, 0.15) is 25.0 Å². The van der Waals surface area contributed by atoms with Gasteiger partial charge in [-0.05, 0) is 24.0 Å². The fourth-order valence-corrected chi connectivity index (χ4v) is 1.01. The fraction of sp³-hybridized carbons (Fsp3) is 0.400. The van der Waals surface area contributed by atoms with Crippen LogP contribution >= 0.6 is 8.25 Å². The molecule has 80 valence electrons. The summed E-state index contributed by atoms with van der Waals surface area (Å²) in [5.41, 5.74) is 2.86. The van der Waals surface area contributed by atoms with E-state index in [9.17, 15) is 0 Å². The maximum Gasteiger partial charge on any atom is 0.314 e. The quantitative estimate of drug-likeness (QED) is 0.745. The van der Waals surface area contributed by atoms with E-state index in [2.05, 4.69) is 38.1 Å². The molecule has 1 aromatic carbocycles. The zero-order chi connectivity index (χ0) is 11.0. The summed E-state index contributed by atoms with van der Waals surface area (Å²) in [7, 11) is -3.13. The van der Waals surface area contributed by atoms with Crippen LogP contribution in [-0.4, -0.2) is 9.79 Å². The van der Waals surface area contributed by atoms with E-state index in [4.69, 9.17) is 14.4 Å². The largest absolute Gasteiger partial charge is 0.326 e. The van der Waals surface area contributed by atoms with Crippen molar-refractivity contribution >= 4 is 8.25 Å². The molecule has 3 nitrogen and oxygen atoms in total. The van der Waals surface area contributed by atoms with E-state index < -0.39 is 8.25 Å². The molecule has 0 aromatic heterocycles. The molecule has 14 heavy (non-hydrogen) atoms. The first-order valence-corrected chi connectivity index (χ1v) is 5.90. The molecule has 0 radical (unpaired) electrons. The van der Waals surface area contributed by atoms with Crippen LogP contribution in [0.4, 0.5) is 0 Å². The summed E-state index contributed by atoms with van der Waals surface area (Å²) < 4.78 is 8.74. The summed E-state index contributed by atoms with van der Waals surface area (Å²) in [4.78, 5) is 14.3. The average molecular weight is 216 g/mol. The molecule has 0 aliphatic rings. The SMILES string of the molecule is CCc1ccc(CC)cc1.O=[PH](O)O. The third-order valence-electron chi connectivity index (χ3n) is 1.84. The second-order valence-electron chi connectivity index (χ2n) is 2.81. The van der Waals surface area contributed by atoms with Crippen LogP contribution in [0, 0.1) is 0 Å². The van der Waals surface area contributed by atoms with Crippen molar-refractivity contribution < 1.29 is 14.4 Å². The zero-order valence-corrected chi connectivity index (χ0v) is 9.53. The van der Waals surface area contributed by atoms with Crippen LogP contribution in [0.3, 0.4) is 0 Å². The standard InChI is InChI=1S/C10H14.H3O3P/c1-3-9-5-7-10(4-2)8-6-9;1-4(2)3/h5-8H,3-4H2,1-2H3;4H,(H2,1,2,3). The third-order valence-corrected chi connectivity index (χ3v) is 1.84. The van der Waals surface area contributed by atoms with E-state index in [-0.39, 0.29) is 0 Å². The van der Waals surface area contributed by atoms with Crippen molar-refractivity contribution in [1.29, 1.82) is 0 Å². The lowest BCUT2D eigenvalue weighted by Crippen LogP contribution is -1.81. The summed E-state index contributed by atoms with van der Waals surface area (Å²) in [5.74, 6) is 0. The molecule has 2 N–H and O–H groups in total. The minimum atomic E-state index is -3.13. The van der Waals surface area contributed by atoms with Crippen LogP contribution in [0.25, 0.3) is 0 Å². The highest BCUT2D eigenvalue weighted by atomic mass is 31.1. The maximum atomic E-state index is 8.74. The smallest absolute Gasteiger partial charge is 0.314 e. The van der Waals surface area contributed by atoms with Gasteiger partial charge in [0.15, 0.2) is 0 Å². The number of hydrogen-bond donors (Lipinski definition) is 2. The fourth-order valence-electron chi connectivity index (χ4n) is 1.01. The van der Waals surface area contributed by atoms with Gasteiger partial charge in [0.2, 0.25) is 0 Å². The van der Waals surface area contributed by atoms with Crippen molar-refractivity contribution in [2.45, 2.75) is 26.7 Å². The lowest BCUT2D eigenvalue weighted by atomic mass is 10.1. The van der Waals surface area contributed by atoms with Crippen molar-refractivity contribution in [3.8, 4) is 0 Å². The first kappa shape index (κ1) is 13.4. The molecule has 0 atom stereocenters. The summed E-state index contributed by atoms with van der Waals surface area (Å²) in [6, 6.07) is 8.83. The van der Waals surface area contributed by atoms with Gasteiger partial charge in [0.05, 0.1) is 0 Å². The molecule has 0 heterocycles. The maximum absolute atomic E-state index is 8.74.